The van der Waals surface area contributed by atoms with Crippen molar-refractivity contribution in [3.05, 3.63) is 58.6 Å². The lowest BCUT2D eigenvalue weighted by Crippen LogP contribution is -2.49. The molecule has 1 atom stereocenters. The number of carbonyl (C=O) groups is 1. The quantitative estimate of drug-likeness (QED) is 0.773. The minimum absolute atomic E-state index is 0. The first-order valence-corrected chi connectivity index (χ1v) is 9.43. The highest BCUT2D eigenvalue weighted by Crippen LogP contribution is 2.32. The Morgan fingerprint density at radius 2 is 2.04 bits per heavy atom. The zero-order valence-electron chi connectivity index (χ0n) is 15.3. The molecule has 6 nitrogen and oxygen atoms in total. The number of benzene rings is 2. The van der Waals surface area contributed by atoms with E-state index in [0.717, 1.165) is 47.3 Å². The molecule has 0 spiro atoms. The lowest BCUT2D eigenvalue weighted by Gasteiger charge is -2.36. The number of fused-ring (bicyclic) bond motifs is 1. The molecule has 2 heterocycles. The molecule has 0 aliphatic carbocycles. The zero-order valence-corrected chi connectivity index (χ0v) is 16.9. The third-order valence-electron chi connectivity index (χ3n) is 4.89. The van der Waals surface area contributed by atoms with Crippen LogP contribution in [-0.4, -0.2) is 43.8 Å². The monoisotopic (exact) mass is 423 g/mol. The molecule has 8 heteroatoms. The van der Waals surface area contributed by atoms with E-state index in [1.807, 2.05) is 42.5 Å². The van der Waals surface area contributed by atoms with Crippen molar-refractivity contribution in [2.45, 2.75) is 12.6 Å². The summed E-state index contributed by atoms with van der Waals surface area (Å²) in [7, 11) is 0. The largest absolute Gasteiger partial charge is 0.454 e. The maximum Gasteiger partial charge on any atom is 0.234 e. The smallest absolute Gasteiger partial charge is 0.234 e. The molecule has 28 heavy (non-hydrogen) atoms. The van der Waals surface area contributed by atoms with Crippen LogP contribution in [0.2, 0.25) is 5.02 Å². The van der Waals surface area contributed by atoms with E-state index in [-0.39, 0.29) is 31.1 Å². The molecule has 0 saturated carbocycles. The molecule has 0 aromatic heterocycles. The fourth-order valence-corrected chi connectivity index (χ4v) is 3.74. The van der Waals surface area contributed by atoms with Crippen molar-refractivity contribution in [1.29, 1.82) is 0 Å². The number of halogens is 2. The summed E-state index contributed by atoms with van der Waals surface area (Å²) in [6.07, 6.45) is 0. The van der Waals surface area contributed by atoms with Gasteiger partial charge in [-0.25, -0.2) is 0 Å². The van der Waals surface area contributed by atoms with Crippen LogP contribution in [0.15, 0.2) is 42.5 Å². The Hall–Kier alpha value is -1.99. The second-order valence-electron chi connectivity index (χ2n) is 6.68. The molecule has 2 aromatic rings. The predicted molar refractivity (Wildman–Crippen MR) is 110 cm³/mol. The molecule has 1 amide bonds. The van der Waals surface area contributed by atoms with E-state index in [4.69, 9.17) is 21.1 Å². The summed E-state index contributed by atoms with van der Waals surface area (Å²) in [5, 5.41) is 7.11. The molecule has 2 aliphatic heterocycles. The highest BCUT2D eigenvalue weighted by atomic mass is 35.5. The lowest BCUT2D eigenvalue weighted by atomic mass is 10.0. The van der Waals surface area contributed by atoms with Gasteiger partial charge in [0.1, 0.15) is 0 Å². The minimum Gasteiger partial charge on any atom is -0.454 e. The normalized spacial score (nSPS) is 18.4. The van der Waals surface area contributed by atoms with E-state index in [2.05, 4.69) is 15.5 Å². The van der Waals surface area contributed by atoms with E-state index in [1.54, 1.807) is 0 Å². The van der Waals surface area contributed by atoms with E-state index >= 15 is 0 Å². The number of hydrogen-bond donors (Lipinski definition) is 2. The first-order chi connectivity index (χ1) is 13.2. The Morgan fingerprint density at radius 3 is 2.89 bits per heavy atom. The van der Waals surface area contributed by atoms with Crippen molar-refractivity contribution in [2.75, 3.05) is 33.0 Å². The second-order valence-corrected chi connectivity index (χ2v) is 7.08. The van der Waals surface area contributed by atoms with E-state index in [0.29, 0.717) is 13.1 Å². The van der Waals surface area contributed by atoms with Crippen molar-refractivity contribution in [1.82, 2.24) is 15.5 Å². The Balaban J connectivity index is 0.00000225. The van der Waals surface area contributed by atoms with Crippen molar-refractivity contribution < 1.29 is 14.3 Å². The summed E-state index contributed by atoms with van der Waals surface area (Å²) in [6.45, 7) is 3.47. The molecule has 2 N–H and O–H groups in total. The van der Waals surface area contributed by atoms with Gasteiger partial charge >= 0.3 is 0 Å². The third kappa shape index (κ3) is 4.70. The molecule has 1 fully saturated rings. The van der Waals surface area contributed by atoms with E-state index in [9.17, 15) is 4.79 Å². The number of rotatable bonds is 5. The highest BCUT2D eigenvalue weighted by molar-refractivity contribution is 6.31. The number of piperazine rings is 1. The summed E-state index contributed by atoms with van der Waals surface area (Å²) < 4.78 is 10.7. The number of amides is 1. The van der Waals surface area contributed by atoms with Crippen LogP contribution in [0, 0.1) is 0 Å². The van der Waals surface area contributed by atoms with Gasteiger partial charge in [-0.05, 0) is 29.3 Å². The Kier molecular flexibility index (Phi) is 7.02. The molecule has 150 valence electrons. The van der Waals surface area contributed by atoms with Crippen molar-refractivity contribution in [3.8, 4) is 11.5 Å². The van der Waals surface area contributed by atoms with Crippen LogP contribution in [-0.2, 0) is 11.3 Å². The maximum absolute atomic E-state index is 12.5. The molecule has 4 rings (SSSR count). The van der Waals surface area contributed by atoms with Crippen LogP contribution in [0.3, 0.4) is 0 Å². The van der Waals surface area contributed by atoms with Crippen LogP contribution in [0.5, 0.6) is 11.5 Å². The fourth-order valence-electron chi connectivity index (χ4n) is 3.48. The fraction of sp³-hybridized carbons (Fsp3) is 0.350. The van der Waals surface area contributed by atoms with Gasteiger partial charge in [-0.1, -0.05) is 35.9 Å². The zero-order chi connectivity index (χ0) is 18.6. The second kappa shape index (κ2) is 9.47. The van der Waals surface area contributed by atoms with Crippen LogP contribution in [0.25, 0.3) is 0 Å². The number of nitrogens with zero attached hydrogens (tertiary/aromatic N) is 1. The van der Waals surface area contributed by atoms with Crippen molar-refractivity contribution >= 4 is 29.9 Å². The molecule has 2 aromatic carbocycles. The van der Waals surface area contributed by atoms with Gasteiger partial charge in [-0.15, -0.1) is 12.4 Å². The maximum atomic E-state index is 12.5. The van der Waals surface area contributed by atoms with Crippen LogP contribution < -0.4 is 20.1 Å². The Bertz CT molecular complexity index is 834. The summed E-state index contributed by atoms with van der Waals surface area (Å²) >= 11 is 6.37. The van der Waals surface area contributed by atoms with Gasteiger partial charge < -0.3 is 20.1 Å². The van der Waals surface area contributed by atoms with E-state index in [1.165, 1.54) is 0 Å². The van der Waals surface area contributed by atoms with Gasteiger partial charge in [0.05, 0.1) is 6.54 Å². The SMILES string of the molecule is Cl.O=C(CN1CCNCC1c1ccccc1Cl)NCc1ccc2c(c1)OCO2. The van der Waals surface area contributed by atoms with Gasteiger partial charge in [0.25, 0.3) is 0 Å². The molecule has 1 saturated heterocycles. The van der Waals surface area contributed by atoms with Gasteiger partial charge in [0.15, 0.2) is 11.5 Å². The van der Waals surface area contributed by atoms with Gasteiger partial charge in [-0.2, -0.15) is 0 Å². The van der Waals surface area contributed by atoms with Crippen molar-refractivity contribution in [3.63, 3.8) is 0 Å². The predicted octanol–water partition coefficient (Wildman–Crippen LogP) is 2.75. The molecular weight excluding hydrogens is 401 g/mol. The number of carbonyl (C=O) groups excluding carboxylic acids is 1. The number of nitrogens with one attached hydrogen (secondary N) is 2. The molecule has 2 aliphatic rings. The van der Waals surface area contributed by atoms with Crippen LogP contribution >= 0.6 is 24.0 Å². The number of ether oxygens (including phenoxy) is 2. The summed E-state index contributed by atoms with van der Waals surface area (Å²) in [4.78, 5) is 14.7. The van der Waals surface area contributed by atoms with Crippen LogP contribution in [0.4, 0.5) is 0 Å². The highest BCUT2D eigenvalue weighted by Gasteiger charge is 2.26. The summed E-state index contributed by atoms with van der Waals surface area (Å²) in [5.74, 6) is 1.46. The lowest BCUT2D eigenvalue weighted by molar-refractivity contribution is -0.123. The summed E-state index contributed by atoms with van der Waals surface area (Å²) in [5.41, 5.74) is 2.03. The summed E-state index contributed by atoms with van der Waals surface area (Å²) in [6, 6.07) is 13.6. The first kappa shape index (κ1) is 20.7. The van der Waals surface area contributed by atoms with Crippen molar-refractivity contribution in [2.24, 2.45) is 0 Å². The van der Waals surface area contributed by atoms with Crippen LogP contribution in [0.1, 0.15) is 17.2 Å². The first-order valence-electron chi connectivity index (χ1n) is 9.05. The average molecular weight is 424 g/mol. The van der Waals surface area contributed by atoms with Gasteiger partial charge in [-0.3, -0.25) is 9.69 Å². The third-order valence-corrected chi connectivity index (χ3v) is 5.24. The Morgan fingerprint density at radius 1 is 1.21 bits per heavy atom. The molecule has 0 bridgehead atoms. The Labute approximate surface area is 175 Å². The minimum atomic E-state index is -0.00776. The van der Waals surface area contributed by atoms with Gasteiger partial charge in [0, 0.05) is 37.2 Å². The van der Waals surface area contributed by atoms with Gasteiger partial charge in [0.2, 0.25) is 12.7 Å². The molecular formula is C20H23Cl2N3O3. The average Bonchev–Trinajstić information content (AvgIpc) is 3.15. The standard InChI is InChI=1S/C20H22ClN3O3.ClH/c21-16-4-2-1-3-15(16)17-11-22-7-8-24(17)12-20(25)23-10-14-5-6-18-19(9-14)27-13-26-18;/h1-6,9,17,22H,7-8,10-13H2,(H,23,25);1H. The number of hydrogen-bond acceptors (Lipinski definition) is 5. The topological polar surface area (TPSA) is 62.8 Å². The molecule has 1 unspecified atom stereocenters. The van der Waals surface area contributed by atoms with E-state index < -0.39 is 0 Å². The molecule has 0 radical (unpaired) electrons.